The normalized spacial score (nSPS) is 18.8. The summed E-state index contributed by atoms with van der Waals surface area (Å²) in [7, 11) is 0. The first-order valence-electron chi connectivity index (χ1n) is 8.06. The van der Waals surface area contributed by atoms with E-state index in [-0.39, 0.29) is 6.61 Å². The molecule has 2 nitrogen and oxygen atoms in total. The van der Waals surface area contributed by atoms with Crippen LogP contribution in [0.1, 0.15) is 58.3 Å². The molecule has 0 radical (unpaired) electrons. The maximum atomic E-state index is 10.3. The molecule has 1 saturated carbocycles. The molecule has 1 atom stereocenters. The van der Waals surface area contributed by atoms with E-state index in [0.717, 1.165) is 32.1 Å². The Labute approximate surface area is 123 Å². The number of benzene rings is 1. The molecule has 20 heavy (non-hydrogen) atoms. The van der Waals surface area contributed by atoms with Gasteiger partial charge in [-0.2, -0.15) is 0 Å². The molecule has 0 aromatic heterocycles. The van der Waals surface area contributed by atoms with Crippen LogP contribution in [0.15, 0.2) is 36.4 Å². The van der Waals surface area contributed by atoms with Gasteiger partial charge in [-0.1, -0.05) is 75.4 Å². The molecule has 0 saturated heterocycles. The van der Waals surface area contributed by atoms with Gasteiger partial charge in [0.05, 0.1) is 12.2 Å². The summed E-state index contributed by atoms with van der Waals surface area (Å²) in [5, 5.41) is 19.6. The van der Waals surface area contributed by atoms with E-state index in [1.807, 2.05) is 36.4 Å². The molecule has 0 bridgehead atoms. The predicted molar refractivity (Wildman–Crippen MR) is 84.6 cm³/mol. The van der Waals surface area contributed by atoms with Crippen molar-refractivity contribution in [3.63, 3.8) is 0 Å². The van der Waals surface area contributed by atoms with Crippen LogP contribution in [0.4, 0.5) is 0 Å². The summed E-state index contributed by atoms with van der Waals surface area (Å²) in [5.41, 5.74) is -0.781. The first-order valence-corrected chi connectivity index (χ1v) is 8.06. The van der Waals surface area contributed by atoms with E-state index in [1.54, 1.807) is 0 Å². The summed E-state index contributed by atoms with van der Waals surface area (Å²) >= 11 is 0. The van der Waals surface area contributed by atoms with Gasteiger partial charge in [-0.05, 0) is 25.2 Å². The maximum Gasteiger partial charge on any atom is 0.0905 e. The van der Waals surface area contributed by atoms with Crippen LogP contribution < -0.4 is 0 Å². The Morgan fingerprint density at radius 2 is 1.45 bits per heavy atom. The first kappa shape index (κ1) is 17.2. The van der Waals surface area contributed by atoms with Crippen molar-refractivity contribution in [2.24, 2.45) is 5.92 Å². The lowest BCUT2D eigenvalue weighted by atomic mass is 9.75. The first-order chi connectivity index (χ1) is 9.73. The fourth-order valence-corrected chi connectivity index (χ4v) is 2.92. The molecular formula is C18H30O2. The van der Waals surface area contributed by atoms with Crippen molar-refractivity contribution in [3.8, 4) is 0 Å². The quantitative estimate of drug-likeness (QED) is 0.848. The zero-order valence-electron chi connectivity index (χ0n) is 12.8. The van der Waals surface area contributed by atoms with E-state index < -0.39 is 5.60 Å². The summed E-state index contributed by atoms with van der Waals surface area (Å²) < 4.78 is 0. The lowest BCUT2D eigenvalue weighted by Crippen LogP contribution is -2.42. The van der Waals surface area contributed by atoms with Crippen molar-refractivity contribution in [2.45, 2.75) is 63.9 Å². The van der Waals surface area contributed by atoms with Crippen LogP contribution in [-0.2, 0) is 0 Å². The molecule has 1 aromatic rings. The van der Waals surface area contributed by atoms with E-state index in [9.17, 15) is 10.2 Å². The standard InChI is InChI=1S/C12H24O2.C6H6/c1-2-3-9-12(14,10-13)11-7-5-4-6-8-11;1-2-4-6-5-3-1/h11,13-14H,2-10H2,1H3;1-6H. The minimum Gasteiger partial charge on any atom is -0.393 e. The molecular weight excluding hydrogens is 248 g/mol. The fraction of sp³-hybridized carbons (Fsp3) is 0.667. The highest BCUT2D eigenvalue weighted by atomic mass is 16.3. The number of aliphatic hydroxyl groups excluding tert-OH is 1. The Balaban J connectivity index is 0.000000276. The second-order valence-electron chi connectivity index (χ2n) is 5.85. The van der Waals surface area contributed by atoms with Gasteiger partial charge in [0, 0.05) is 0 Å². The van der Waals surface area contributed by atoms with E-state index in [1.165, 1.54) is 19.3 Å². The minimum atomic E-state index is -0.781. The van der Waals surface area contributed by atoms with Crippen LogP contribution in [-0.4, -0.2) is 22.4 Å². The largest absolute Gasteiger partial charge is 0.393 e. The lowest BCUT2D eigenvalue weighted by molar-refractivity contribution is -0.0796. The second kappa shape index (κ2) is 9.95. The molecule has 1 fully saturated rings. The van der Waals surface area contributed by atoms with Crippen LogP contribution in [0.2, 0.25) is 0 Å². The number of aliphatic hydroxyl groups is 2. The topological polar surface area (TPSA) is 40.5 Å². The van der Waals surface area contributed by atoms with E-state index >= 15 is 0 Å². The molecule has 1 aromatic carbocycles. The van der Waals surface area contributed by atoms with Gasteiger partial charge in [-0.3, -0.25) is 0 Å². The van der Waals surface area contributed by atoms with Crippen molar-refractivity contribution in [1.82, 2.24) is 0 Å². The molecule has 1 unspecified atom stereocenters. The van der Waals surface area contributed by atoms with E-state index in [4.69, 9.17) is 0 Å². The molecule has 2 N–H and O–H groups in total. The number of hydrogen-bond acceptors (Lipinski definition) is 2. The van der Waals surface area contributed by atoms with Crippen LogP contribution in [0.25, 0.3) is 0 Å². The molecule has 0 amide bonds. The molecule has 0 spiro atoms. The highest BCUT2D eigenvalue weighted by molar-refractivity contribution is 4.99. The van der Waals surface area contributed by atoms with Crippen molar-refractivity contribution in [1.29, 1.82) is 0 Å². The SMILES string of the molecule is CCCCC(O)(CO)C1CCCCC1.c1ccccc1. The molecule has 0 heterocycles. The van der Waals surface area contributed by atoms with Gasteiger partial charge < -0.3 is 10.2 Å². The molecule has 1 aliphatic rings. The average molecular weight is 278 g/mol. The smallest absolute Gasteiger partial charge is 0.0905 e. The zero-order chi connectivity index (χ0) is 14.7. The Hall–Kier alpha value is -0.860. The second-order valence-corrected chi connectivity index (χ2v) is 5.85. The third kappa shape index (κ3) is 6.06. The molecule has 1 aliphatic carbocycles. The minimum absolute atomic E-state index is 0.0579. The monoisotopic (exact) mass is 278 g/mol. The summed E-state index contributed by atoms with van der Waals surface area (Å²) in [6.45, 7) is 2.07. The zero-order valence-corrected chi connectivity index (χ0v) is 12.8. The summed E-state index contributed by atoms with van der Waals surface area (Å²) in [6, 6.07) is 12.0. The Morgan fingerprint density at radius 1 is 0.950 bits per heavy atom. The van der Waals surface area contributed by atoms with Crippen LogP contribution in [0.5, 0.6) is 0 Å². The van der Waals surface area contributed by atoms with E-state index in [0.29, 0.717) is 5.92 Å². The van der Waals surface area contributed by atoms with Crippen molar-refractivity contribution in [3.05, 3.63) is 36.4 Å². The van der Waals surface area contributed by atoms with Gasteiger partial charge >= 0.3 is 0 Å². The highest BCUT2D eigenvalue weighted by Crippen LogP contribution is 2.35. The van der Waals surface area contributed by atoms with Crippen LogP contribution in [0.3, 0.4) is 0 Å². The van der Waals surface area contributed by atoms with Crippen molar-refractivity contribution in [2.75, 3.05) is 6.61 Å². The Bertz CT molecular complexity index is 293. The third-order valence-electron chi connectivity index (χ3n) is 4.27. The lowest BCUT2D eigenvalue weighted by Gasteiger charge is -2.37. The molecule has 2 rings (SSSR count). The summed E-state index contributed by atoms with van der Waals surface area (Å²) in [4.78, 5) is 0. The van der Waals surface area contributed by atoms with Gasteiger partial charge in [-0.25, -0.2) is 0 Å². The van der Waals surface area contributed by atoms with Gasteiger partial charge in [0.15, 0.2) is 0 Å². The van der Waals surface area contributed by atoms with Gasteiger partial charge in [-0.15, -0.1) is 0 Å². The number of unbranched alkanes of at least 4 members (excludes halogenated alkanes) is 1. The van der Waals surface area contributed by atoms with Gasteiger partial charge in [0.25, 0.3) is 0 Å². The Morgan fingerprint density at radius 3 is 1.85 bits per heavy atom. The maximum absolute atomic E-state index is 10.3. The summed E-state index contributed by atoms with van der Waals surface area (Å²) in [5.74, 6) is 0.341. The third-order valence-corrected chi connectivity index (χ3v) is 4.27. The number of rotatable bonds is 5. The molecule has 114 valence electrons. The van der Waals surface area contributed by atoms with Crippen molar-refractivity contribution < 1.29 is 10.2 Å². The predicted octanol–water partition coefficient (Wildman–Crippen LogP) is 4.17. The van der Waals surface area contributed by atoms with Gasteiger partial charge in [0.1, 0.15) is 0 Å². The fourth-order valence-electron chi connectivity index (χ4n) is 2.92. The summed E-state index contributed by atoms with van der Waals surface area (Å²) in [6.07, 6.45) is 8.82. The highest BCUT2D eigenvalue weighted by Gasteiger charge is 2.35. The van der Waals surface area contributed by atoms with Crippen molar-refractivity contribution >= 4 is 0 Å². The van der Waals surface area contributed by atoms with Crippen LogP contribution in [0, 0.1) is 5.92 Å². The average Bonchev–Trinajstić information content (AvgIpc) is 2.55. The molecule has 0 aliphatic heterocycles. The molecule has 2 heteroatoms. The van der Waals surface area contributed by atoms with E-state index in [2.05, 4.69) is 6.92 Å². The number of hydrogen-bond donors (Lipinski definition) is 2. The van der Waals surface area contributed by atoms with Crippen LogP contribution >= 0.6 is 0 Å². The Kier molecular flexibility index (Phi) is 8.56. The van der Waals surface area contributed by atoms with Gasteiger partial charge in [0.2, 0.25) is 0 Å².